The number of nitrogens with two attached hydrogens (primary N) is 1. The quantitative estimate of drug-likeness (QED) is 0.675. The average molecular weight is 410 g/mol. The van der Waals surface area contributed by atoms with Crippen molar-refractivity contribution in [3.8, 4) is 11.5 Å². The largest absolute Gasteiger partial charge is 0.493 e. The van der Waals surface area contributed by atoms with Crippen molar-refractivity contribution in [2.24, 2.45) is 5.73 Å². The summed E-state index contributed by atoms with van der Waals surface area (Å²) in [4.78, 5) is 11.3. The van der Waals surface area contributed by atoms with Crippen LogP contribution in [0.5, 0.6) is 11.5 Å². The lowest BCUT2D eigenvalue weighted by molar-refractivity contribution is -0.113. The van der Waals surface area contributed by atoms with Gasteiger partial charge in [0.25, 0.3) is 5.91 Å². The van der Waals surface area contributed by atoms with Gasteiger partial charge in [0.2, 0.25) is 0 Å². The minimum absolute atomic E-state index is 0.368. The van der Waals surface area contributed by atoms with E-state index in [9.17, 15) is 13.2 Å². The van der Waals surface area contributed by atoms with Gasteiger partial charge in [0.1, 0.15) is 4.91 Å². The fourth-order valence-electron chi connectivity index (χ4n) is 2.39. The number of carbonyl (C=O) groups excluding carboxylic acids is 1. The molecule has 2 aromatic carbocycles. The third-order valence-electron chi connectivity index (χ3n) is 3.63. The minimum Gasteiger partial charge on any atom is -0.493 e. The fourth-order valence-corrected chi connectivity index (χ4v) is 3.93. The van der Waals surface area contributed by atoms with Crippen LogP contribution in [-0.2, 0) is 20.4 Å². The van der Waals surface area contributed by atoms with E-state index < -0.39 is 20.6 Å². The number of carbonyl (C=O) groups is 1. The number of benzene rings is 2. The van der Waals surface area contributed by atoms with E-state index in [0.29, 0.717) is 34.3 Å². The maximum absolute atomic E-state index is 12.7. The normalized spacial score (nSPS) is 11.9. The Balaban J connectivity index is 2.41. The predicted molar refractivity (Wildman–Crippen MR) is 105 cm³/mol. The average Bonchev–Trinajstić information content (AvgIpc) is 2.62. The number of halogens is 1. The number of ether oxygens (including phenoxy) is 2. The highest BCUT2D eigenvalue weighted by atomic mass is 35.5. The molecule has 2 N–H and O–H groups in total. The van der Waals surface area contributed by atoms with Crippen LogP contribution in [0.1, 0.15) is 18.1 Å². The van der Waals surface area contributed by atoms with Crippen molar-refractivity contribution in [3.05, 3.63) is 63.5 Å². The zero-order valence-corrected chi connectivity index (χ0v) is 16.5. The monoisotopic (exact) mass is 409 g/mol. The van der Waals surface area contributed by atoms with Gasteiger partial charge in [0, 0.05) is 5.02 Å². The van der Waals surface area contributed by atoms with E-state index in [1.165, 1.54) is 13.2 Å². The molecule has 6 nitrogen and oxygen atoms in total. The zero-order chi connectivity index (χ0) is 20.0. The van der Waals surface area contributed by atoms with Crippen LogP contribution in [0.25, 0.3) is 6.08 Å². The lowest BCUT2D eigenvalue weighted by Gasteiger charge is -2.11. The number of amides is 1. The molecule has 0 aliphatic rings. The molecule has 144 valence electrons. The van der Waals surface area contributed by atoms with Gasteiger partial charge in [0.15, 0.2) is 21.3 Å². The maximum Gasteiger partial charge on any atom is 0.260 e. The molecule has 8 heteroatoms. The molecule has 0 unspecified atom stereocenters. The van der Waals surface area contributed by atoms with Gasteiger partial charge in [-0.25, -0.2) is 8.42 Å². The smallest absolute Gasteiger partial charge is 0.260 e. The fraction of sp³-hybridized carbons (Fsp3) is 0.211. The summed E-state index contributed by atoms with van der Waals surface area (Å²) in [6.07, 6.45) is 1.23. The molecule has 0 radical (unpaired) electrons. The third-order valence-corrected chi connectivity index (χ3v) is 5.59. The van der Waals surface area contributed by atoms with Gasteiger partial charge in [-0.3, -0.25) is 4.79 Å². The highest BCUT2D eigenvalue weighted by molar-refractivity contribution is 7.95. The van der Waals surface area contributed by atoms with Crippen molar-refractivity contribution in [2.75, 3.05) is 13.7 Å². The summed E-state index contributed by atoms with van der Waals surface area (Å²) in [5.41, 5.74) is 6.28. The van der Waals surface area contributed by atoms with Crippen molar-refractivity contribution in [1.82, 2.24) is 0 Å². The Hall–Kier alpha value is -2.51. The predicted octanol–water partition coefficient (Wildman–Crippen LogP) is 3.19. The Morgan fingerprint density at radius 2 is 1.81 bits per heavy atom. The second-order valence-corrected chi connectivity index (χ2v) is 8.00. The van der Waals surface area contributed by atoms with Gasteiger partial charge in [-0.1, -0.05) is 29.8 Å². The van der Waals surface area contributed by atoms with Crippen molar-refractivity contribution in [1.29, 1.82) is 0 Å². The molecule has 27 heavy (non-hydrogen) atoms. The van der Waals surface area contributed by atoms with Crippen molar-refractivity contribution in [3.63, 3.8) is 0 Å². The van der Waals surface area contributed by atoms with Gasteiger partial charge in [0.05, 0.1) is 19.5 Å². The molecule has 0 saturated carbocycles. The first-order chi connectivity index (χ1) is 12.8. The van der Waals surface area contributed by atoms with Crippen LogP contribution in [0.15, 0.2) is 47.4 Å². The number of rotatable bonds is 8. The SMILES string of the molecule is CCOc1ccc(/C=C(\C(N)=O)S(=O)(=O)Cc2ccc(Cl)cc2)cc1OC. The van der Waals surface area contributed by atoms with E-state index in [-0.39, 0.29) is 5.75 Å². The molecule has 0 atom stereocenters. The van der Waals surface area contributed by atoms with E-state index in [0.717, 1.165) is 0 Å². The maximum atomic E-state index is 12.7. The molecule has 0 aliphatic carbocycles. The van der Waals surface area contributed by atoms with Crippen LogP contribution in [0.3, 0.4) is 0 Å². The summed E-state index contributed by atoms with van der Waals surface area (Å²) in [5.74, 6) is -0.462. The van der Waals surface area contributed by atoms with Crippen LogP contribution in [0.2, 0.25) is 5.02 Å². The summed E-state index contributed by atoms with van der Waals surface area (Å²) in [6.45, 7) is 2.29. The first-order valence-electron chi connectivity index (χ1n) is 8.06. The van der Waals surface area contributed by atoms with Crippen molar-refractivity contribution >= 4 is 33.4 Å². The molecule has 2 rings (SSSR count). The number of primary amides is 1. The lowest BCUT2D eigenvalue weighted by Crippen LogP contribution is -2.22. The topological polar surface area (TPSA) is 95.7 Å². The summed E-state index contributed by atoms with van der Waals surface area (Å²) in [7, 11) is -2.48. The molecule has 1 amide bonds. The third kappa shape index (κ3) is 5.48. The Kier molecular flexibility index (Phi) is 6.87. The van der Waals surface area contributed by atoms with E-state index in [4.69, 9.17) is 26.8 Å². The molecule has 0 aliphatic heterocycles. The number of methoxy groups -OCH3 is 1. The van der Waals surface area contributed by atoms with Gasteiger partial charge in [-0.05, 0) is 48.4 Å². The highest BCUT2D eigenvalue weighted by Crippen LogP contribution is 2.29. The van der Waals surface area contributed by atoms with E-state index in [1.807, 2.05) is 6.92 Å². The summed E-state index contributed by atoms with van der Waals surface area (Å²) < 4.78 is 36.1. The van der Waals surface area contributed by atoms with Gasteiger partial charge < -0.3 is 15.2 Å². The molecule has 0 saturated heterocycles. The lowest BCUT2D eigenvalue weighted by atomic mass is 10.2. The van der Waals surface area contributed by atoms with Crippen LogP contribution in [-0.4, -0.2) is 28.0 Å². The molecule has 0 aromatic heterocycles. The molecule has 0 bridgehead atoms. The minimum atomic E-state index is -3.95. The Labute approximate surface area is 163 Å². The van der Waals surface area contributed by atoms with Crippen molar-refractivity contribution < 1.29 is 22.7 Å². The second kappa shape index (κ2) is 8.92. The van der Waals surface area contributed by atoms with Crippen LogP contribution < -0.4 is 15.2 Å². The first kappa shape index (κ1) is 20.8. The standard InChI is InChI=1S/C19H20ClNO5S/c1-3-26-16-9-6-14(10-17(16)25-2)11-18(19(21)22)27(23,24)12-13-4-7-15(20)8-5-13/h4-11H,3,12H2,1-2H3,(H2,21,22)/b18-11+. The first-order valence-corrected chi connectivity index (χ1v) is 10.1. The molecule has 0 spiro atoms. The Morgan fingerprint density at radius 3 is 2.37 bits per heavy atom. The Bertz CT molecular complexity index is 953. The molecule has 0 heterocycles. The molecular weight excluding hydrogens is 390 g/mol. The number of sulfone groups is 1. The van der Waals surface area contributed by atoms with E-state index in [2.05, 4.69) is 0 Å². The molecular formula is C19H20ClNO5S. The van der Waals surface area contributed by atoms with E-state index >= 15 is 0 Å². The summed E-state index contributed by atoms with van der Waals surface area (Å²) in [5, 5.41) is 0.489. The van der Waals surface area contributed by atoms with Gasteiger partial charge >= 0.3 is 0 Å². The summed E-state index contributed by atoms with van der Waals surface area (Å²) in [6, 6.07) is 11.2. The van der Waals surface area contributed by atoms with Gasteiger partial charge in [-0.15, -0.1) is 0 Å². The van der Waals surface area contributed by atoms with Crippen molar-refractivity contribution in [2.45, 2.75) is 12.7 Å². The van der Waals surface area contributed by atoms with E-state index in [1.54, 1.807) is 42.5 Å². The Morgan fingerprint density at radius 1 is 1.15 bits per heavy atom. The second-order valence-electron chi connectivity index (χ2n) is 5.60. The highest BCUT2D eigenvalue weighted by Gasteiger charge is 2.24. The summed E-state index contributed by atoms with van der Waals surface area (Å²) >= 11 is 5.81. The number of hydrogen-bond donors (Lipinski definition) is 1. The number of hydrogen-bond acceptors (Lipinski definition) is 5. The molecule has 2 aromatic rings. The van der Waals surface area contributed by atoms with Crippen LogP contribution in [0, 0.1) is 0 Å². The molecule has 0 fully saturated rings. The van der Waals surface area contributed by atoms with Crippen LogP contribution in [0.4, 0.5) is 0 Å². The zero-order valence-electron chi connectivity index (χ0n) is 14.9. The van der Waals surface area contributed by atoms with Crippen LogP contribution >= 0.6 is 11.6 Å². The van der Waals surface area contributed by atoms with Gasteiger partial charge in [-0.2, -0.15) is 0 Å².